The molecular weight excluding hydrogens is 172 g/mol. The number of rotatable bonds is 2. The molecule has 0 aliphatic carbocycles. The third-order valence-electron chi connectivity index (χ3n) is 3.09. The number of benzene rings is 1. The summed E-state index contributed by atoms with van der Waals surface area (Å²) in [7, 11) is 0. The maximum absolute atomic E-state index is 5.90. The molecule has 0 saturated carbocycles. The molecule has 1 heterocycles. The molecule has 2 nitrogen and oxygen atoms in total. The van der Waals surface area contributed by atoms with Gasteiger partial charge in [0.05, 0.1) is 0 Å². The summed E-state index contributed by atoms with van der Waals surface area (Å²) in [6.07, 6.45) is 1.14. The van der Waals surface area contributed by atoms with Gasteiger partial charge in [-0.15, -0.1) is 0 Å². The molecule has 1 aromatic carbocycles. The van der Waals surface area contributed by atoms with E-state index in [4.69, 9.17) is 5.73 Å². The zero-order chi connectivity index (χ0) is 9.97. The van der Waals surface area contributed by atoms with Crippen molar-refractivity contribution in [3.05, 3.63) is 35.9 Å². The van der Waals surface area contributed by atoms with Gasteiger partial charge in [0.1, 0.15) is 0 Å². The first kappa shape index (κ1) is 9.69. The van der Waals surface area contributed by atoms with Gasteiger partial charge in [0, 0.05) is 25.2 Å². The van der Waals surface area contributed by atoms with Crippen LogP contribution in [0.25, 0.3) is 0 Å². The summed E-state index contributed by atoms with van der Waals surface area (Å²) < 4.78 is 0. The average Bonchev–Trinajstić information content (AvgIpc) is 2.65. The molecule has 1 aromatic rings. The Bertz CT molecular complexity index is 284. The molecular formula is C12H18N2. The molecule has 0 aromatic heterocycles. The molecule has 2 atom stereocenters. The lowest BCUT2D eigenvalue weighted by molar-refractivity contribution is 0.260. The third kappa shape index (κ3) is 1.97. The highest BCUT2D eigenvalue weighted by atomic mass is 15.2. The zero-order valence-electron chi connectivity index (χ0n) is 8.69. The zero-order valence-corrected chi connectivity index (χ0v) is 8.69. The summed E-state index contributed by atoms with van der Waals surface area (Å²) in [6.45, 7) is 4.43. The number of nitrogens with zero attached hydrogens (tertiary/aromatic N) is 1. The first-order chi connectivity index (χ1) is 6.77. The van der Waals surface area contributed by atoms with Crippen LogP contribution in [0.15, 0.2) is 30.3 Å². The largest absolute Gasteiger partial charge is 0.326 e. The fourth-order valence-corrected chi connectivity index (χ4v) is 2.11. The Morgan fingerprint density at radius 2 is 2.07 bits per heavy atom. The van der Waals surface area contributed by atoms with Crippen molar-refractivity contribution in [2.45, 2.75) is 25.4 Å². The van der Waals surface area contributed by atoms with Gasteiger partial charge in [0.2, 0.25) is 0 Å². The molecule has 2 N–H and O–H groups in total. The minimum absolute atomic E-state index is 0.376. The second-order valence-electron chi connectivity index (χ2n) is 4.13. The van der Waals surface area contributed by atoms with Gasteiger partial charge in [-0.2, -0.15) is 0 Å². The van der Waals surface area contributed by atoms with Gasteiger partial charge in [-0.3, -0.25) is 4.90 Å². The van der Waals surface area contributed by atoms with E-state index in [1.54, 1.807) is 0 Å². The summed E-state index contributed by atoms with van der Waals surface area (Å²) in [5.74, 6) is 0. The predicted octanol–water partition coefficient (Wildman–Crippen LogP) is 1.78. The van der Waals surface area contributed by atoms with Crippen LogP contribution in [0.3, 0.4) is 0 Å². The highest BCUT2D eigenvalue weighted by molar-refractivity contribution is 5.18. The first-order valence-electron chi connectivity index (χ1n) is 5.32. The summed E-state index contributed by atoms with van der Waals surface area (Å²) in [6, 6.07) is 11.5. The standard InChI is InChI=1S/C12H18N2/c1-10(11-5-3-2-4-6-11)14-8-7-12(13)9-14/h2-6,10,12H,7-9,13H2,1H3/t10?,12-/m0/s1. The van der Waals surface area contributed by atoms with Crippen molar-refractivity contribution in [3.63, 3.8) is 0 Å². The molecule has 1 aliphatic rings. The Morgan fingerprint density at radius 1 is 1.36 bits per heavy atom. The lowest BCUT2D eigenvalue weighted by atomic mass is 10.1. The molecule has 0 bridgehead atoms. The topological polar surface area (TPSA) is 29.3 Å². The molecule has 2 rings (SSSR count). The van der Waals surface area contributed by atoms with E-state index in [2.05, 4.69) is 42.2 Å². The minimum Gasteiger partial charge on any atom is -0.326 e. The van der Waals surface area contributed by atoms with Gasteiger partial charge >= 0.3 is 0 Å². The van der Waals surface area contributed by atoms with Crippen LogP contribution >= 0.6 is 0 Å². The van der Waals surface area contributed by atoms with Gasteiger partial charge in [-0.1, -0.05) is 30.3 Å². The fourth-order valence-electron chi connectivity index (χ4n) is 2.11. The van der Waals surface area contributed by atoms with E-state index < -0.39 is 0 Å². The van der Waals surface area contributed by atoms with E-state index in [9.17, 15) is 0 Å². The Kier molecular flexibility index (Phi) is 2.85. The van der Waals surface area contributed by atoms with E-state index in [0.29, 0.717) is 12.1 Å². The maximum Gasteiger partial charge on any atom is 0.0320 e. The van der Waals surface area contributed by atoms with Crippen LogP contribution < -0.4 is 5.73 Å². The Morgan fingerprint density at radius 3 is 2.64 bits per heavy atom. The molecule has 14 heavy (non-hydrogen) atoms. The first-order valence-corrected chi connectivity index (χ1v) is 5.32. The highest BCUT2D eigenvalue weighted by Crippen LogP contribution is 2.23. The van der Waals surface area contributed by atoms with Crippen molar-refractivity contribution >= 4 is 0 Å². The SMILES string of the molecule is CC(c1ccccc1)N1CC[C@H](N)C1. The normalized spacial score (nSPS) is 25.1. The van der Waals surface area contributed by atoms with Crippen LogP contribution in [0.2, 0.25) is 0 Å². The second-order valence-corrected chi connectivity index (χ2v) is 4.13. The van der Waals surface area contributed by atoms with Crippen LogP contribution in [0, 0.1) is 0 Å². The molecule has 1 fully saturated rings. The summed E-state index contributed by atoms with van der Waals surface area (Å²) >= 11 is 0. The summed E-state index contributed by atoms with van der Waals surface area (Å²) in [5.41, 5.74) is 7.29. The molecule has 76 valence electrons. The van der Waals surface area contributed by atoms with Crippen LogP contribution in [0.1, 0.15) is 24.9 Å². The third-order valence-corrected chi connectivity index (χ3v) is 3.09. The smallest absolute Gasteiger partial charge is 0.0320 e. The number of hydrogen-bond acceptors (Lipinski definition) is 2. The van der Waals surface area contributed by atoms with E-state index in [1.165, 1.54) is 5.56 Å². The second kappa shape index (κ2) is 4.11. The Hall–Kier alpha value is -0.860. The predicted molar refractivity (Wildman–Crippen MR) is 59.0 cm³/mol. The molecule has 0 amide bonds. The van der Waals surface area contributed by atoms with E-state index >= 15 is 0 Å². The molecule has 0 spiro atoms. The van der Waals surface area contributed by atoms with Gasteiger partial charge in [-0.05, 0) is 18.9 Å². The highest BCUT2D eigenvalue weighted by Gasteiger charge is 2.23. The van der Waals surface area contributed by atoms with Crippen LogP contribution in [-0.2, 0) is 0 Å². The van der Waals surface area contributed by atoms with E-state index in [0.717, 1.165) is 19.5 Å². The van der Waals surface area contributed by atoms with E-state index in [1.807, 2.05) is 0 Å². The van der Waals surface area contributed by atoms with Crippen molar-refractivity contribution in [1.29, 1.82) is 0 Å². The lowest BCUT2D eigenvalue weighted by Gasteiger charge is -2.24. The van der Waals surface area contributed by atoms with Crippen molar-refractivity contribution < 1.29 is 0 Å². The van der Waals surface area contributed by atoms with Crippen molar-refractivity contribution in [3.8, 4) is 0 Å². The fraction of sp³-hybridized carbons (Fsp3) is 0.500. The van der Waals surface area contributed by atoms with Crippen molar-refractivity contribution in [2.75, 3.05) is 13.1 Å². The van der Waals surface area contributed by atoms with Crippen LogP contribution in [-0.4, -0.2) is 24.0 Å². The Labute approximate surface area is 85.7 Å². The Balaban J connectivity index is 2.05. The molecule has 2 heteroatoms. The molecule has 1 saturated heterocycles. The van der Waals surface area contributed by atoms with Crippen molar-refractivity contribution in [2.24, 2.45) is 5.73 Å². The van der Waals surface area contributed by atoms with Gasteiger partial charge in [0.15, 0.2) is 0 Å². The van der Waals surface area contributed by atoms with E-state index in [-0.39, 0.29) is 0 Å². The summed E-state index contributed by atoms with van der Waals surface area (Å²) in [4.78, 5) is 2.46. The monoisotopic (exact) mass is 190 g/mol. The molecule has 1 aliphatic heterocycles. The van der Waals surface area contributed by atoms with Crippen LogP contribution in [0.4, 0.5) is 0 Å². The lowest BCUT2D eigenvalue weighted by Crippen LogP contribution is -2.28. The molecule has 0 radical (unpaired) electrons. The van der Waals surface area contributed by atoms with Crippen LogP contribution in [0.5, 0.6) is 0 Å². The van der Waals surface area contributed by atoms with Gasteiger partial charge in [0.25, 0.3) is 0 Å². The van der Waals surface area contributed by atoms with Gasteiger partial charge < -0.3 is 5.73 Å². The quantitative estimate of drug-likeness (QED) is 0.770. The van der Waals surface area contributed by atoms with Gasteiger partial charge in [-0.25, -0.2) is 0 Å². The number of hydrogen-bond donors (Lipinski definition) is 1. The maximum atomic E-state index is 5.90. The number of likely N-dealkylation sites (tertiary alicyclic amines) is 1. The average molecular weight is 190 g/mol. The molecule has 1 unspecified atom stereocenters. The minimum atomic E-state index is 0.376. The summed E-state index contributed by atoms with van der Waals surface area (Å²) in [5, 5.41) is 0. The number of nitrogens with two attached hydrogens (primary N) is 1. The van der Waals surface area contributed by atoms with Crippen molar-refractivity contribution in [1.82, 2.24) is 4.90 Å².